The quantitative estimate of drug-likeness (QED) is 0.828. The van der Waals surface area contributed by atoms with Crippen LogP contribution in [0.2, 0.25) is 10.0 Å². The van der Waals surface area contributed by atoms with Gasteiger partial charge in [0.05, 0.1) is 28.0 Å². The predicted octanol–water partition coefficient (Wildman–Crippen LogP) is 3.99. The lowest BCUT2D eigenvalue weighted by atomic mass is 10.1. The fourth-order valence-electron chi connectivity index (χ4n) is 1.77. The lowest BCUT2D eigenvalue weighted by molar-refractivity contribution is -0.142. The van der Waals surface area contributed by atoms with Crippen LogP contribution in [0.5, 0.6) is 0 Å². The van der Waals surface area contributed by atoms with E-state index in [4.69, 9.17) is 23.2 Å². The molecule has 0 amide bonds. The summed E-state index contributed by atoms with van der Waals surface area (Å²) < 4.78 is 43.8. The van der Waals surface area contributed by atoms with Gasteiger partial charge in [-0.1, -0.05) is 23.2 Å². The van der Waals surface area contributed by atoms with E-state index >= 15 is 0 Å². The molecule has 1 aromatic rings. The third kappa shape index (κ3) is 3.24. The topological polar surface area (TPSA) is 50.7 Å². The standard InChI is InChI=1S/C12H9Cl2F3N2O2/c1-2-21-11(20)9-10(12(15,16)17)19-8-4-6(14)5(13)3-7(8)18-9/h3-4,10,19H,2H2,1H3. The van der Waals surface area contributed by atoms with Gasteiger partial charge in [-0.2, -0.15) is 13.2 Å². The maximum atomic E-state index is 13.1. The van der Waals surface area contributed by atoms with Crippen LogP contribution in [-0.4, -0.2) is 30.5 Å². The summed E-state index contributed by atoms with van der Waals surface area (Å²) in [5.74, 6) is -1.14. The number of rotatable bonds is 2. The predicted molar refractivity (Wildman–Crippen MR) is 73.7 cm³/mol. The van der Waals surface area contributed by atoms with Crippen molar-refractivity contribution in [3.8, 4) is 0 Å². The average molecular weight is 341 g/mol. The first-order chi connectivity index (χ1) is 9.74. The molecule has 1 aliphatic rings. The number of esters is 1. The molecule has 1 N–H and O–H groups in total. The van der Waals surface area contributed by atoms with E-state index in [1.807, 2.05) is 0 Å². The third-order valence-corrected chi connectivity index (χ3v) is 3.39. The highest BCUT2D eigenvalue weighted by atomic mass is 35.5. The number of anilines is 1. The molecule has 0 bridgehead atoms. The molecule has 0 aliphatic carbocycles. The van der Waals surface area contributed by atoms with E-state index < -0.39 is 23.9 Å². The summed E-state index contributed by atoms with van der Waals surface area (Å²) >= 11 is 11.6. The second-order valence-electron chi connectivity index (χ2n) is 4.12. The highest BCUT2D eigenvalue weighted by molar-refractivity contribution is 6.43. The van der Waals surface area contributed by atoms with Crippen LogP contribution in [0, 0.1) is 0 Å². The zero-order chi connectivity index (χ0) is 15.8. The highest BCUT2D eigenvalue weighted by Crippen LogP contribution is 2.39. The van der Waals surface area contributed by atoms with Crippen LogP contribution in [-0.2, 0) is 9.53 Å². The Hall–Kier alpha value is -1.47. The summed E-state index contributed by atoms with van der Waals surface area (Å²) in [5, 5.41) is 2.40. The van der Waals surface area contributed by atoms with Gasteiger partial charge in [0, 0.05) is 0 Å². The molecule has 0 saturated carbocycles. The Balaban J connectivity index is 2.52. The van der Waals surface area contributed by atoms with Gasteiger partial charge in [0.25, 0.3) is 0 Å². The smallest absolute Gasteiger partial charge is 0.414 e. The molecule has 1 atom stereocenters. The van der Waals surface area contributed by atoms with Gasteiger partial charge < -0.3 is 10.1 Å². The van der Waals surface area contributed by atoms with Crippen molar-refractivity contribution in [3.63, 3.8) is 0 Å². The second-order valence-corrected chi connectivity index (χ2v) is 4.93. The first-order valence-corrected chi connectivity index (χ1v) is 6.57. The van der Waals surface area contributed by atoms with Crippen molar-refractivity contribution in [2.24, 2.45) is 4.99 Å². The Labute approximate surface area is 127 Å². The number of aliphatic imine (C=N–C) groups is 1. The molecule has 0 aromatic heterocycles. The molecular formula is C12H9Cl2F3N2O2. The minimum absolute atomic E-state index is 0.0415. The van der Waals surface area contributed by atoms with Crippen LogP contribution in [0.25, 0.3) is 0 Å². The van der Waals surface area contributed by atoms with Crippen molar-refractivity contribution in [2.45, 2.75) is 19.1 Å². The van der Waals surface area contributed by atoms with Gasteiger partial charge in [-0.05, 0) is 19.1 Å². The van der Waals surface area contributed by atoms with Gasteiger partial charge in [0.2, 0.25) is 0 Å². The minimum Gasteiger partial charge on any atom is -0.461 e. The van der Waals surface area contributed by atoms with Crippen molar-refractivity contribution in [3.05, 3.63) is 22.2 Å². The molecule has 2 rings (SSSR count). The Morgan fingerprint density at radius 2 is 2.00 bits per heavy atom. The van der Waals surface area contributed by atoms with Crippen molar-refractivity contribution in [1.29, 1.82) is 0 Å². The van der Waals surface area contributed by atoms with Crippen LogP contribution in [0.1, 0.15) is 6.92 Å². The Morgan fingerprint density at radius 1 is 1.38 bits per heavy atom. The van der Waals surface area contributed by atoms with E-state index in [1.54, 1.807) is 0 Å². The monoisotopic (exact) mass is 340 g/mol. The van der Waals surface area contributed by atoms with Crippen LogP contribution in [0.15, 0.2) is 17.1 Å². The highest BCUT2D eigenvalue weighted by Gasteiger charge is 2.48. The molecule has 1 heterocycles. The normalized spacial score (nSPS) is 17.6. The van der Waals surface area contributed by atoms with Gasteiger partial charge >= 0.3 is 12.1 Å². The Bertz CT molecular complexity index is 617. The van der Waals surface area contributed by atoms with E-state index in [9.17, 15) is 18.0 Å². The second kappa shape index (κ2) is 5.73. The molecule has 1 aliphatic heterocycles. The van der Waals surface area contributed by atoms with E-state index in [2.05, 4.69) is 15.0 Å². The van der Waals surface area contributed by atoms with Gasteiger partial charge in [0.15, 0.2) is 11.8 Å². The van der Waals surface area contributed by atoms with Gasteiger partial charge in [-0.3, -0.25) is 0 Å². The molecule has 114 valence electrons. The molecule has 0 saturated heterocycles. The van der Waals surface area contributed by atoms with Gasteiger partial charge in [0.1, 0.15) is 0 Å². The van der Waals surface area contributed by atoms with Crippen molar-refractivity contribution in [1.82, 2.24) is 0 Å². The van der Waals surface area contributed by atoms with Crippen LogP contribution in [0.3, 0.4) is 0 Å². The molecule has 9 heteroatoms. The van der Waals surface area contributed by atoms with Gasteiger partial charge in [-0.25, -0.2) is 9.79 Å². The number of nitrogens with zero attached hydrogens (tertiary/aromatic N) is 1. The first kappa shape index (κ1) is 15.9. The van der Waals surface area contributed by atoms with Crippen LogP contribution < -0.4 is 5.32 Å². The molecule has 1 unspecified atom stereocenters. The zero-order valence-corrected chi connectivity index (χ0v) is 12.1. The maximum absolute atomic E-state index is 13.1. The van der Waals surface area contributed by atoms with E-state index in [0.717, 1.165) is 0 Å². The summed E-state index contributed by atoms with van der Waals surface area (Å²) in [4.78, 5) is 15.4. The number of carbonyl (C=O) groups excluding carboxylic acids is 1. The molecule has 21 heavy (non-hydrogen) atoms. The summed E-state index contributed by atoms with van der Waals surface area (Å²) in [6.45, 7) is 1.43. The lowest BCUT2D eigenvalue weighted by Gasteiger charge is -2.27. The number of fused-ring (bicyclic) bond motifs is 1. The number of hydrogen-bond donors (Lipinski definition) is 1. The summed E-state index contributed by atoms with van der Waals surface area (Å²) in [5.41, 5.74) is -0.636. The van der Waals surface area contributed by atoms with E-state index in [0.29, 0.717) is 0 Å². The Morgan fingerprint density at radius 3 is 2.57 bits per heavy atom. The SMILES string of the molecule is CCOC(=O)C1=Nc2cc(Cl)c(Cl)cc2NC1C(F)(F)F. The van der Waals surface area contributed by atoms with Crippen molar-refractivity contribution in [2.75, 3.05) is 11.9 Å². The number of benzene rings is 1. The number of alkyl halides is 3. The summed E-state index contributed by atoms with van der Waals surface area (Å²) in [6.07, 6.45) is -4.71. The summed E-state index contributed by atoms with van der Waals surface area (Å²) in [7, 11) is 0. The van der Waals surface area contributed by atoms with Crippen molar-refractivity contribution >= 4 is 46.3 Å². The van der Waals surface area contributed by atoms with Crippen LogP contribution in [0.4, 0.5) is 24.5 Å². The van der Waals surface area contributed by atoms with Gasteiger partial charge in [-0.15, -0.1) is 0 Å². The van der Waals surface area contributed by atoms with E-state index in [-0.39, 0.29) is 28.0 Å². The average Bonchev–Trinajstić information content (AvgIpc) is 2.38. The first-order valence-electron chi connectivity index (χ1n) is 5.82. The molecule has 0 fully saturated rings. The number of carbonyl (C=O) groups is 1. The summed E-state index contributed by atoms with van der Waals surface area (Å²) in [6, 6.07) is 0.239. The fourth-order valence-corrected chi connectivity index (χ4v) is 2.09. The van der Waals surface area contributed by atoms with Crippen LogP contribution >= 0.6 is 23.2 Å². The zero-order valence-electron chi connectivity index (χ0n) is 10.6. The molecule has 1 aromatic carbocycles. The molecule has 4 nitrogen and oxygen atoms in total. The largest absolute Gasteiger partial charge is 0.461 e. The fraction of sp³-hybridized carbons (Fsp3) is 0.333. The number of ether oxygens (including phenoxy) is 1. The van der Waals surface area contributed by atoms with E-state index in [1.165, 1.54) is 19.1 Å². The number of nitrogens with one attached hydrogen (secondary N) is 1. The number of hydrogen-bond acceptors (Lipinski definition) is 4. The number of halogens is 5. The maximum Gasteiger partial charge on any atom is 0.414 e. The molecule has 0 radical (unpaired) electrons. The lowest BCUT2D eigenvalue weighted by Crippen LogP contribution is -2.48. The minimum atomic E-state index is -4.71. The van der Waals surface area contributed by atoms with Crippen molar-refractivity contribution < 1.29 is 22.7 Å². The third-order valence-electron chi connectivity index (χ3n) is 2.66. The molecule has 0 spiro atoms. The Kier molecular flexibility index (Phi) is 4.34. The molecular weight excluding hydrogens is 332 g/mol.